The predicted molar refractivity (Wildman–Crippen MR) is 64.7 cm³/mol. The molecule has 2 rings (SSSR count). The first-order chi connectivity index (χ1) is 10.0. The van der Waals surface area contributed by atoms with E-state index in [0.717, 1.165) is 12.1 Å². The summed E-state index contributed by atoms with van der Waals surface area (Å²) in [6, 6.07) is 2.40. The summed E-state index contributed by atoms with van der Waals surface area (Å²) in [4.78, 5) is 15.1. The molecule has 0 aliphatic heterocycles. The maximum atomic E-state index is 13.6. The molecule has 7 nitrogen and oxygen atoms in total. The highest BCUT2D eigenvalue weighted by Gasteiger charge is 2.17. The maximum absolute atomic E-state index is 13.6. The third-order valence-electron chi connectivity index (χ3n) is 2.37. The molecule has 0 spiro atoms. The van der Waals surface area contributed by atoms with Crippen LogP contribution in [-0.2, 0) is 9.53 Å². The molecule has 0 radical (unpaired) electrons. The van der Waals surface area contributed by atoms with Gasteiger partial charge in [-0.25, -0.2) is 13.6 Å². The van der Waals surface area contributed by atoms with E-state index in [-0.39, 0.29) is 28.9 Å². The molecule has 9 heteroatoms. The molecule has 0 saturated carbocycles. The van der Waals surface area contributed by atoms with Crippen molar-refractivity contribution in [3.63, 3.8) is 0 Å². The summed E-state index contributed by atoms with van der Waals surface area (Å²) in [7, 11) is 0. The summed E-state index contributed by atoms with van der Waals surface area (Å²) in [5, 5.41) is 13.0. The largest absolute Gasteiger partial charge is 0.463 e. The first-order valence-electron chi connectivity index (χ1n) is 5.91. The second kappa shape index (κ2) is 6.16. The topological polar surface area (TPSA) is 86.5 Å². The number of halogens is 2. The highest BCUT2D eigenvalue weighted by Crippen LogP contribution is 2.22. The number of carbonyl (C=O) groups is 1. The molecule has 0 aliphatic carbocycles. The van der Waals surface area contributed by atoms with Gasteiger partial charge in [-0.15, -0.1) is 0 Å². The van der Waals surface area contributed by atoms with Gasteiger partial charge < -0.3 is 14.7 Å². The number of ether oxygens (including phenoxy) is 2. The van der Waals surface area contributed by atoms with E-state index in [0.29, 0.717) is 6.07 Å². The van der Waals surface area contributed by atoms with Crippen LogP contribution in [0, 0.1) is 11.6 Å². The Morgan fingerprint density at radius 2 is 2.19 bits per heavy atom. The zero-order chi connectivity index (χ0) is 15.4. The van der Waals surface area contributed by atoms with Crippen molar-refractivity contribution in [3.8, 4) is 17.4 Å². The molecule has 21 heavy (non-hydrogen) atoms. The number of benzene rings is 1. The standard InChI is InChI=1S/C12H11F2N3O4/c1-2-20-10(18)6-21-12-15-11(17(19)16-12)8-4-3-7(13)5-9(8)14/h3-5,19H,2,6H2,1H3. The lowest BCUT2D eigenvalue weighted by Gasteiger charge is -2.00. The average Bonchev–Trinajstić information content (AvgIpc) is 2.78. The molecule has 0 fully saturated rings. The van der Waals surface area contributed by atoms with Gasteiger partial charge in [0.1, 0.15) is 11.6 Å². The Morgan fingerprint density at radius 1 is 1.43 bits per heavy atom. The molecule has 0 unspecified atom stereocenters. The number of hydrogen-bond donors (Lipinski definition) is 1. The lowest BCUT2D eigenvalue weighted by molar-refractivity contribution is -0.145. The van der Waals surface area contributed by atoms with Crippen LogP contribution in [0.4, 0.5) is 8.78 Å². The van der Waals surface area contributed by atoms with Gasteiger partial charge in [-0.05, 0) is 19.1 Å². The third-order valence-corrected chi connectivity index (χ3v) is 2.37. The smallest absolute Gasteiger partial charge is 0.344 e. The van der Waals surface area contributed by atoms with Crippen molar-refractivity contribution < 1.29 is 28.3 Å². The number of nitrogens with zero attached hydrogens (tertiary/aromatic N) is 3. The van der Waals surface area contributed by atoms with Crippen LogP contribution in [0.2, 0.25) is 0 Å². The van der Waals surface area contributed by atoms with Gasteiger partial charge >= 0.3 is 12.0 Å². The Morgan fingerprint density at radius 3 is 2.86 bits per heavy atom. The Hall–Kier alpha value is -2.71. The Labute approximate surface area is 117 Å². The number of carbonyl (C=O) groups excluding carboxylic acids is 1. The van der Waals surface area contributed by atoms with Gasteiger partial charge in [0, 0.05) is 6.07 Å². The fourth-order valence-corrected chi connectivity index (χ4v) is 1.51. The quantitative estimate of drug-likeness (QED) is 0.663. The summed E-state index contributed by atoms with van der Waals surface area (Å²) >= 11 is 0. The zero-order valence-electron chi connectivity index (χ0n) is 10.9. The van der Waals surface area contributed by atoms with E-state index in [9.17, 15) is 18.8 Å². The minimum Gasteiger partial charge on any atom is -0.463 e. The molecule has 0 aliphatic rings. The lowest BCUT2D eigenvalue weighted by Crippen LogP contribution is -2.15. The molecule has 1 heterocycles. The van der Waals surface area contributed by atoms with Crippen molar-refractivity contribution in [1.82, 2.24) is 14.9 Å². The molecule has 112 valence electrons. The van der Waals surface area contributed by atoms with Gasteiger partial charge in [0.15, 0.2) is 6.61 Å². The van der Waals surface area contributed by atoms with Crippen LogP contribution in [-0.4, -0.2) is 39.3 Å². The molecule has 1 N–H and O–H groups in total. The van der Waals surface area contributed by atoms with Crippen molar-refractivity contribution in [3.05, 3.63) is 29.8 Å². The Kier molecular flexibility index (Phi) is 4.31. The normalized spacial score (nSPS) is 10.4. The summed E-state index contributed by atoms with van der Waals surface area (Å²) in [5.74, 6) is -2.61. The van der Waals surface area contributed by atoms with Crippen molar-refractivity contribution >= 4 is 5.97 Å². The van der Waals surface area contributed by atoms with Crippen molar-refractivity contribution in [2.45, 2.75) is 6.92 Å². The van der Waals surface area contributed by atoms with Crippen LogP contribution in [0.1, 0.15) is 6.92 Å². The van der Waals surface area contributed by atoms with Crippen LogP contribution < -0.4 is 4.74 Å². The van der Waals surface area contributed by atoms with Gasteiger partial charge in [-0.3, -0.25) is 0 Å². The van der Waals surface area contributed by atoms with E-state index in [1.165, 1.54) is 0 Å². The van der Waals surface area contributed by atoms with Crippen LogP contribution in [0.25, 0.3) is 11.4 Å². The number of hydrogen-bond acceptors (Lipinski definition) is 6. The highest BCUT2D eigenvalue weighted by molar-refractivity contribution is 5.70. The number of rotatable bonds is 5. The maximum Gasteiger partial charge on any atom is 0.344 e. The zero-order valence-corrected chi connectivity index (χ0v) is 10.9. The van der Waals surface area contributed by atoms with Gasteiger partial charge in [-0.1, -0.05) is 9.94 Å². The summed E-state index contributed by atoms with van der Waals surface area (Å²) in [6.07, 6.45) is 0. The Balaban J connectivity index is 2.17. The van der Waals surface area contributed by atoms with Crippen molar-refractivity contribution in [2.75, 3.05) is 13.2 Å². The van der Waals surface area contributed by atoms with E-state index >= 15 is 0 Å². The third kappa shape index (κ3) is 3.44. The monoisotopic (exact) mass is 299 g/mol. The highest BCUT2D eigenvalue weighted by atomic mass is 19.1. The molecular weight excluding hydrogens is 288 g/mol. The Bertz CT molecular complexity index is 660. The summed E-state index contributed by atoms with van der Waals surface area (Å²) in [5.41, 5.74) is -0.169. The SMILES string of the molecule is CCOC(=O)COc1nc(-c2ccc(F)cc2F)n(O)n1. The molecule has 0 atom stereocenters. The van der Waals surface area contributed by atoms with Gasteiger partial charge in [0.05, 0.1) is 12.2 Å². The van der Waals surface area contributed by atoms with Gasteiger partial charge in [0.2, 0.25) is 5.82 Å². The number of aromatic nitrogens is 3. The lowest BCUT2D eigenvalue weighted by atomic mass is 10.2. The molecule has 0 saturated heterocycles. The second-order valence-electron chi connectivity index (χ2n) is 3.83. The van der Waals surface area contributed by atoms with Crippen LogP contribution in [0.15, 0.2) is 18.2 Å². The first-order valence-corrected chi connectivity index (χ1v) is 5.91. The fourth-order valence-electron chi connectivity index (χ4n) is 1.51. The summed E-state index contributed by atoms with van der Waals surface area (Å²) in [6.45, 7) is 1.37. The first kappa shape index (κ1) is 14.7. The summed E-state index contributed by atoms with van der Waals surface area (Å²) < 4.78 is 35.9. The molecule has 0 amide bonds. The van der Waals surface area contributed by atoms with E-state index in [1.54, 1.807) is 6.92 Å². The van der Waals surface area contributed by atoms with Crippen LogP contribution >= 0.6 is 0 Å². The fraction of sp³-hybridized carbons (Fsp3) is 0.250. The molecule has 1 aromatic heterocycles. The predicted octanol–water partition coefficient (Wildman–Crippen LogP) is 1.40. The number of esters is 1. The molecule has 2 aromatic rings. The van der Waals surface area contributed by atoms with E-state index in [4.69, 9.17) is 4.74 Å². The van der Waals surface area contributed by atoms with E-state index < -0.39 is 24.2 Å². The second-order valence-corrected chi connectivity index (χ2v) is 3.83. The minimum absolute atomic E-state index is 0.169. The van der Waals surface area contributed by atoms with Crippen molar-refractivity contribution in [2.24, 2.45) is 0 Å². The average molecular weight is 299 g/mol. The molecule has 1 aromatic carbocycles. The minimum atomic E-state index is -0.922. The van der Waals surface area contributed by atoms with Crippen LogP contribution in [0.3, 0.4) is 0 Å². The van der Waals surface area contributed by atoms with E-state index in [1.807, 2.05) is 0 Å². The van der Waals surface area contributed by atoms with E-state index in [2.05, 4.69) is 14.8 Å². The van der Waals surface area contributed by atoms with Gasteiger partial charge in [-0.2, -0.15) is 4.98 Å². The molecule has 0 bridgehead atoms. The van der Waals surface area contributed by atoms with Crippen LogP contribution in [0.5, 0.6) is 6.01 Å². The molecular formula is C12H11F2N3O4. The van der Waals surface area contributed by atoms with Crippen molar-refractivity contribution in [1.29, 1.82) is 0 Å². The van der Waals surface area contributed by atoms with Gasteiger partial charge in [0.25, 0.3) is 0 Å².